The molecule has 1 saturated carbocycles. The zero-order chi connectivity index (χ0) is 12.5. The fourth-order valence-electron chi connectivity index (χ4n) is 2.51. The van der Waals surface area contributed by atoms with Gasteiger partial charge in [0, 0.05) is 15.4 Å². The SMILES string of the molecule is CC1CCC(C#N)(C(O)c2cscc2Br)CC1. The normalized spacial score (nSPS) is 30.8. The molecule has 0 saturated heterocycles. The van der Waals surface area contributed by atoms with E-state index in [0.717, 1.165) is 35.7 Å². The van der Waals surface area contributed by atoms with E-state index in [0.29, 0.717) is 5.92 Å². The van der Waals surface area contributed by atoms with Gasteiger partial charge >= 0.3 is 0 Å². The molecule has 2 rings (SSSR count). The van der Waals surface area contributed by atoms with Crippen LogP contribution >= 0.6 is 27.3 Å². The summed E-state index contributed by atoms with van der Waals surface area (Å²) in [5.41, 5.74) is 0.280. The number of aliphatic hydroxyl groups excluding tert-OH is 1. The summed E-state index contributed by atoms with van der Waals surface area (Å²) in [6.45, 7) is 2.22. The van der Waals surface area contributed by atoms with Crippen LogP contribution in [0.15, 0.2) is 15.2 Å². The lowest BCUT2D eigenvalue weighted by Gasteiger charge is -2.37. The average molecular weight is 314 g/mol. The van der Waals surface area contributed by atoms with Crippen LogP contribution in [-0.2, 0) is 0 Å². The number of thiophene rings is 1. The number of hydrogen-bond donors (Lipinski definition) is 1. The molecule has 0 aromatic carbocycles. The van der Waals surface area contributed by atoms with E-state index in [2.05, 4.69) is 28.9 Å². The van der Waals surface area contributed by atoms with Gasteiger partial charge in [-0.15, -0.1) is 0 Å². The molecule has 1 unspecified atom stereocenters. The Morgan fingerprint density at radius 2 is 2.18 bits per heavy atom. The molecule has 1 aromatic rings. The van der Waals surface area contributed by atoms with Crippen molar-refractivity contribution in [2.75, 3.05) is 0 Å². The third kappa shape index (κ3) is 2.42. The van der Waals surface area contributed by atoms with Crippen LogP contribution in [0.3, 0.4) is 0 Å². The Kier molecular flexibility index (Phi) is 3.92. The van der Waals surface area contributed by atoms with Crippen LogP contribution in [0.5, 0.6) is 0 Å². The molecule has 1 aliphatic rings. The van der Waals surface area contributed by atoms with Gasteiger partial charge in [0.2, 0.25) is 0 Å². The van der Waals surface area contributed by atoms with Gasteiger partial charge in [0.15, 0.2) is 0 Å². The van der Waals surface area contributed by atoms with Crippen molar-refractivity contribution >= 4 is 27.3 Å². The Labute approximate surface area is 114 Å². The molecule has 0 amide bonds. The van der Waals surface area contributed by atoms with Gasteiger partial charge in [0.1, 0.15) is 0 Å². The molecule has 1 aliphatic carbocycles. The number of aliphatic hydroxyl groups is 1. The molecule has 2 nitrogen and oxygen atoms in total. The summed E-state index contributed by atoms with van der Waals surface area (Å²) in [5.74, 6) is 0.676. The van der Waals surface area contributed by atoms with Gasteiger partial charge in [0.25, 0.3) is 0 Å². The molecule has 4 heteroatoms. The molecule has 1 atom stereocenters. The quantitative estimate of drug-likeness (QED) is 0.886. The third-order valence-electron chi connectivity index (χ3n) is 3.85. The van der Waals surface area contributed by atoms with Crippen molar-refractivity contribution < 1.29 is 5.11 Å². The summed E-state index contributed by atoms with van der Waals surface area (Å²) in [5, 5.41) is 23.9. The van der Waals surface area contributed by atoms with Crippen LogP contribution < -0.4 is 0 Å². The largest absolute Gasteiger partial charge is 0.387 e. The Bertz CT molecular complexity index is 429. The Morgan fingerprint density at radius 1 is 1.53 bits per heavy atom. The Hall–Kier alpha value is -0.370. The summed E-state index contributed by atoms with van der Waals surface area (Å²) in [6, 6.07) is 2.39. The number of nitrogens with zero attached hydrogens (tertiary/aromatic N) is 1. The second kappa shape index (κ2) is 5.09. The molecule has 0 radical (unpaired) electrons. The highest BCUT2D eigenvalue weighted by atomic mass is 79.9. The number of hydrogen-bond acceptors (Lipinski definition) is 3. The number of halogens is 1. The highest BCUT2D eigenvalue weighted by Crippen LogP contribution is 2.48. The van der Waals surface area contributed by atoms with E-state index in [-0.39, 0.29) is 0 Å². The van der Waals surface area contributed by atoms with Crippen molar-refractivity contribution in [2.45, 2.75) is 38.7 Å². The molecular formula is C13H16BrNOS. The van der Waals surface area contributed by atoms with Crippen molar-refractivity contribution in [1.82, 2.24) is 0 Å². The van der Waals surface area contributed by atoms with Gasteiger partial charge in [0.05, 0.1) is 17.6 Å². The standard InChI is InChI=1S/C13H16BrNOS/c1-9-2-4-13(8-15,5-3-9)12(16)10-6-17-7-11(10)14/h6-7,9,12,16H,2-5H2,1H3. The van der Waals surface area contributed by atoms with Crippen molar-refractivity contribution in [1.29, 1.82) is 5.26 Å². The predicted molar refractivity (Wildman–Crippen MR) is 72.7 cm³/mol. The van der Waals surface area contributed by atoms with Gasteiger partial charge in [-0.1, -0.05) is 6.92 Å². The first-order valence-corrected chi connectivity index (χ1v) is 7.63. The van der Waals surface area contributed by atoms with Crippen LogP contribution in [0, 0.1) is 22.7 Å². The molecule has 0 spiro atoms. The van der Waals surface area contributed by atoms with Crippen molar-refractivity contribution in [3.63, 3.8) is 0 Å². The minimum atomic E-state index is -0.666. The van der Waals surface area contributed by atoms with E-state index < -0.39 is 11.5 Å². The van der Waals surface area contributed by atoms with Crippen LogP contribution in [0.2, 0.25) is 0 Å². The van der Waals surface area contributed by atoms with Crippen molar-refractivity contribution in [3.8, 4) is 6.07 Å². The first-order valence-electron chi connectivity index (χ1n) is 5.90. The lowest BCUT2D eigenvalue weighted by atomic mass is 9.67. The van der Waals surface area contributed by atoms with Gasteiger partial charge in [-0.2, -0.15) is 16.6 Å². The Morgan fingerprint density at radius 3 is 2.65 bits per heavy atom. The fourth-order valence-corrected chi connectivity index (χ4v) is 4.04. The monoisotopic (exact) mass is 313 g/mol. The van der Waals surface area contributed by atoms with Crippen LogP contribution in [-0.4, -0.2) is 5.11 Å². The van der Waals surface area contributed by atoms with E-state index in [9.17, 15) is 10.4 Å². The Balaban J connectivity index is 2.25. The van der Waals surface area contributed by atoms with Crippen LogP contribution in [0.4, 0.5) is 0 Å². The number of rotatable bonds is 2. The summed E-state index contributed by atoms with van der Waals surface area (Å²) in [7, 11) is 0. The zero-order valence-corrected chi connectivity index (χ0v) is 12.2. The van der Waals surface area contributed by atoms with Crippen molar-refractivity contribution in [2.24, 2.45) is 11.3 Å². The molecule has 0 aliphatic heterocycles. The summed E-state index contributed by atoms with van der Waals surface area (Å²) in [6.07, 6.45) is 3.00. The molecule has 1 fully saturated rings. The van der Waals surface area contributed by atoms with E-state index in [4.69, 9.17) is 0 Å². The molecule has 1 heterocycles. The van der Waals surface area contributed by atoms with Gasteiger partial charge in [-0.3, -0.25) is 0 Å². The second-order valence-corrected chi connectivity index (χ2v) is 6.63. The minimum absolute atomic E-state index is 0.587. The summed E-state index contributed by atoms with van der Waals surface area (Å²) in [4.78, 5) is 0. The third-order valence-corrected chi connectivity index (χ3v) is 5.60. The van der Waals surface area contributed by atoms with E-state index in [1.54, 1.807) is 11.3 Å². The van der Waals surface area contributed by atoms with E-state index >= 15 is 0 Å². The lowest BCUT2D eigenvalue weighted by molar-refractivity contribution is 0.0265. The van der Waals surface area contributed by atoms with E-state index in [1.165, 1.54) is 0 Å². The number of nitriles is 1. The summed E-state index contributed by atoms with van der Waals surface area (Å²) >= 11 is 4.99. The molecule has 17 heavy (non-hydrogen) atoms. The molecule has 92 valence electrons. The molecular weight excluding hydrogens is 298 g/mol. The first kappa shape index (κ1) is 13.1. The fraction of sp³-hybridized carbons (Fsp3) is 0.615. The van der Waals surface area contributed by atoms with Crippen LogP contribution in [0.25, 0.3) is 0 Å². The molecule has 1 N–H and O–H groups in total. The topological polar surface area (TPSA) is 44.0 Å². The highest BCUT2D eigenvalue weighted by molar-refractivity contribution is 9.10. The van der Waals surface area contributed by atoms with Gasteiger partial charge in [-0.25, -0.2) is 0 Å². The van der Waals surface area contributed by atoms with Crippen molar-refractivity contribution in [3.05, 3.63) is 20.8 Å². The first-order chi connectivity index (χ1) is 8.09. The summed E-state index contributed by atoms with van der Waals surface area (Å²) < 4.78 is 0.920. The highest BCUT2D eigenvalue weighted by Gasteiger charge is 2.42. The zero-order valence-electron chi connectivity index (χ0n) is 9.82. The molecule has 0 bridgehead atoms. The minimum Gasteiger partial charge on any atom is -0.387 e. The maximum absolute atomic E-state index is 10.5. The van der Waals surface area contributed by atoms with E-state index in [1.807, 2.05) is 10.8 Å². The maximum Gasteiger partial charge on any atom is 0.0995 e. The molecule has 1 aromatic heterocycles. The second-order valence-electron chi connectivity index (χ2n) is 5.03. The van der Waals surface area contributed by atoms with Gasteiger partial charge in [-0.05, 0) is 52.9 Å². The van der Waals surface area contributed by atoms with Crippen LogP contribution in [0.1, 0.15) is 44.3 Å². The smallest absolute Gasteiger partial charge is 0.0995 e. The van der Waals surface area contributed by atoms with Gasteiger partial charge < -0.3 is 5.11 Å². The average Bonchev–Trinajstić information content (AvgIpc) is 2.76. The maximum atomic E-state index is 10.5. The lowest BCUT2D eigenvalue weighted by Crippen LogP contribution is -2.32. The predicted octanol–water partition coefficient (Wildman–Crippen LogP) is 4.26.